The molecule has 6 heteroatoms. The fourth-order valence-corrected chi connectivity index (χ4v) is 2.68. The fourth-order valence-electron chi connectivity index (χ4n) is 2.68. The van der Waals surface area contributed by atoms with Crippen molar-refractivity contribution in [3.05, 3.63) is 88.2 Å². The fraction of sp³-hybridized carbons (Fsp3) is 0.105. The lowest BCUT2D eigenvalue weighted by molar-refractivity contribution is 0.620. The zero-order valence-electron chi connectivity index (χ0n) is 13.6. The van der Waals surface area contributed by atoms with Gasteiger partial charge < -0.3 is 0 Å². The first-order valence-electron chi connectivity index (χ1n) is 7.87. The van der Waals surface area contributed by atoms with E-state index in [1.165, 1.54) is 33.2 Å². The van der Waals surface area contributed by atoms with Gasteiger partial charge in [-0.25, -0.2) is 13.6 Å². The molecule has 0 spiro atoms. The summed E-state index contributed by atoms with van der Waals surface area (Å²) in [7, 11) is 0. The van der Waals surface area contributed by atoms with Crippen molar-refractivity contribution in [2.45, 2.75) is 13.5 Å². The van der Waals surface area contributed by atoms with Gasteiger partial charge in [0.25, 0.3) is 5.56 Å². The molecule has 0 saturated carbocycles. The normalized spacial score (nSPS) is 11.1. The highest BCUT2D eigenvalue weighted by atomic mass is 19.1. The molecule has 124 valence electrons. The van der Waals surface area contributed by atoms with Crippen LogP contribution >= 0.6 is 0 Å². The topological polar surface area (TPSA) is 52.2 Å². The Morgan fingerprint density at radius 1 is 1.04 bits per heavy atom. The summed E-state index contributed by atoms with van der Waals surface area (Å²) < 4.78 is 15.9. The summed E-state index contributed by atoms with van der Waals surface area (Å²) in [6.07, 6.45) is 1.51. The molecule has 0 saturated heterocycles. The average molecular weight is 334 g/mol. The van der Waals surface area contributed by atoms with E-state index in [0.29, 0.717) is 17.8 Å². The van der Waals surface area contributed by atoms with Gasteiger partial charge in [-0.2, -0.15) is 10.2 Å². The number of halogens is 1. The molecule has 0 radical (unpaired) electrons. The van der Waals surface area contributed by atoms with Gasteiger partial charge in [0.1, 0.15) is 17.7 Å². The molecule has 0 aliphatic carbocycles. The van der Waals surface area contributed by atoms with Gasteiger partial charge in [0, 0.05) is 5.56 Å². The van der Waals surface area contributed by atoms with E-state index in [1.54, 1.807) is 18.2 Å². The van der Waals surface area contributed by atoms with E-state index >= 15 is 0 Å². The van der Waals surface area contributed by atoms with Crippen molar-refractivity contribution in [2.24, 2.45) is 0 Å². The molecule has 2 aromatic heterocycles. The van der Waals surface area contributed by atoms with Crippen molar-refractivity contribution in [1.29, 1.82) is 0 Å². The van der Waals surface area contributed by atoms with E-state index < -0.39 is 0 Å². The molecule has 5 nitrogen and oxygen atoms in total. The Labute approximate surface area is 143 Å². The van der Waals surface area contributed by atoms with Crippen LogP contribution in [0.3, 0.4) is 0 Å². The van der Waals surface area contributed by atoms with E-state index in [1.807, 2.05) is 31.2 Å². The first-order valence-corrected chi connectivity index (χ1v) is 7.87. The van der Waals surface area contributed by atoms with Crippen LogP contribution in [0.5, 0.6) is 0 Å². The third kappa shape index (κ3) is 2.94. The van der Waals surface area contributed by atoms with Gasteiger partial charge in [-0.15, -0.1) is 0 Å². The van der Waals surface area contributed by atoms with Crippen molar-refractivity contribution < 1.29 is 4.39 Å². The standard InChI is InChI=1S/C19H15FN4O/c1-13-2-4-14(5-3-13)11-23-19(25)18-10-17(22-24(18)12-21-23)15-6-8-16(20)9-7-15/h2-10,12H,11H2,1H3. The highest BCUT2D eigenvalue weighted by Gasteiger charge is 2.10. The minimum Gasteiger partial charge on any atom is -0.265 e. The molecule has 2 aromatic carbocycles. The van der Waals surface area contributed by atoms with Crippen LogP contribution in [-0.4, -0.2) is 19.4 Å². The maximum absolute atomic E-state index is 13.1. The molecular formula is C19H15FN4O. The van der Waals surface area contributed by atoms with Crippen molar-refractivity contribution in [3.8, 4) is 11.3 Å². The summed E-state index contributed by atoms with van der Waals surface area (Å²) in [5.74, 6) is -0.311. The van der Waals surface area contributed by atoms with Crippen LogP contribution in [0.4, 0.5) is 4.39 Å². The van der Waals surface area contributed by atoms with Gasteiger partial charge in [-0.1, -0.05) is 29.8 Å². The third-order valence-electron chi connectivity index (χ3n) is 4.08. The van der Waals surface area contributed by atoms with Gasteiger partial charge in [-0.05, 0) is 42.8 Å². The van der Waals surface area contributed by atoms with Crippen LogP contribution < -0.4 is 5.56 Å². The molecule has 0 fully saturated rings. The largest absolute Gasteiger partial charge is 0.293 e. The second kappa shape index (κ2) is 5.98. The molecule has 0 unspecified atom stereocenters. The van der Waals surface area contributed by atoms with Crippen molar-refractivity contribution >= 4 is 5.52 Å². The quantitative estimate of drug-likeness (QED) is 0.579. The molecule has 2 heterocycles. The number of aryl methyl sites for hydroxylation is 1. The molecule has 0 atom stereocenters. The third-order valence-corrected chi connectivity index (χ3v) is 4.08. The molecule has 0 bridgehead atoms. The number of hydrogen-bond donors (Lipinski definition) is 0. The average Bonchev–Trinajstić information content (AvgIpc) is 3.05. The predicted octanol–water partition coefficient (Wildman–Crippen LogP) is 3.05. The number of aromatic nitrogens is 4. The van der Waals surface area contributed by atoms with E-state index in [4.69, 9.17) is 0 Å². The summed E-state index contributed by atoms with van der Waals surface area (Å²) in [5.41, 5.74) is 3.73. The molecule has 0 N–H and O–H groups in total. The summed E-state index contributed by atoms with van der Waals surface area (Å²) >= 11 is 0. The minimum atomic E-state index is -0.311. The maximum atomic E-state index is 13.1. The van der Waals surface area contributed by atoms with Gasteiger partial charge >= 0.3 is 0 Å². The number of benzene rings is 2. The highest BCUT2D eigenvalue weighted by Crippen LogP contribution is 2.18. The molecule has 25 heavy (non-hydrogen) atoms. The Hall–Kier alpha value is -3.28. The molecule has 4 aromatic rings. The number of fused-ring (bicyclic) bond motifs is 1. The van der Waals surface area contributed by atoms with Crippen LogP contribution in [-0.2, 0) is 6.54 Å². The Morgan fingerprint density at radius 3 is 2.48 bits per heavy atom. The Morgan fingerprint density at radius 2 is 1.76 bits per heavy atom. The maximum Gasteiger partial charge on any atom is 0.293 e. The van der Waals surface area contributed by atoms with Crippen LogP contribution in [0.15, 0.2) is 65.7 Å². The first-order chi connectivity index (χ1) is 12.1. The molecule has 0 aliphatic heterocycles. The van der Waals surface area contributed by atoms with Crippen molar-refractivity contribution in [2.75, 3.05) is 0 Å². The monoisotopic (exact) mass is 334 g/mol. The van der Waals surface area contributed by atoms with E-state index in [-0.39, 0.29) is 11.4 Å². The van der Waals surface area contributed by atoms with Gasteiger partial charge in [0.15, 0.2) is 0 Å². The van der Waals surface area contributed by atoms with Crippen molar-refractivity contribution in [1.82, 2.24) is 19.4 Å². The second-order valence-electron chi connectivity index (χ2n) is 5.95. The second-order valence-corrected chi connectivity index (χ2v) is 5.95. The number of hydrogen-bond acceptors (Lipinski definition) is 3. The zero-order chi connectivity index (χ0) is 17.4. The van der Waals surface area contributed by atoms with Crippen LogP contribution in [0.1, 0.15) is 11.1 Å². The predicted molar refractivity (Wildman–Crippen MR) is 92.9 cm³/mol. The Balaban J connectivity index is 1.73. The molecule has 0 aliphatic rings. The smallest absolute Gasteiger partial charge is 0.265 e. The Bertz CT molecular complexity index is 1100. The molecule has 4 rings (SSSR count). The van der Waals surface area contributed by atoms with E-state index in [2.05, 4.69) is 10.2 Å². The molecular weight excluding hydrogens is 319 g/mol. The Kier molecular flexibility index (Phi) is 3.65. The number of nitrogens with zero attached hydrogens (tertiary/aromatic N) is 4. The van der Waals surface area contributed by atoms with Crippen LogP contribution in [0.25, 0.3) is 16.8 Å². The number of rotatable bonds is 3. The summed E-state index contributed by atoms with van der Waals surface area (Å²) in [5, 5.41) is 8.54. The van der Waals surface area contributed by atoms with Crippen molar-refractivity contribution in [3.63, 3.8) is 0 Å². The highest BCUT2D eigenvalue weighted by molar-refractivity contribution is 5.65. The van der Waals surface area contributed by atoms with E-state index in [0.717, 1.165) is 11.1 Å². The van der Waals surface area contributed by atoms with Gasteiger partial charge in [-0.3, -0.25) is 4.79 Å². The molecule has 0 amide bonds. The minimum absolute atomic E-state index is 0.219. The summed E-state index contributed by atoms with van der Waals surface area (Å²) in [4.78, 5) is 12.7. The van der Waals surface area contributed by atoms with E-state index in [9.17, 15) is 9.18 Å². The lowest BCUT2D eigenvalue weighted by atomic mass is 10.1. The SMILES string of the molecule is Cc1ccc(Cn2ncn3nc(-c4ccc(F)cc4)cc3c2=O)cc1. The summed E-state index contributed by atoms with van der Waals surface area (Å²) in [6, 6.07) is 15.7. The zero-order valence-corrected chi connectivity index (χ0v) is 13.6. The van der Waals surface area contributed by atoms with Gasteiger partial charge in [0.05, 0.1) is 12.2 Å². The lowest BCUT2D eigenvalue weighted by Crippen LogP contribution is -2.25. The summed E-state index contributed by atoms with van der Waals surface area (Å²) in [6.45, 7) is 2.41. The van der Waals surface area contributed by atoms with Gasteiger partial charge in [0.2, 0.25) is 0 Å². The first kappa shape index (κ1) is 15.3. The lowest BCUT2D eigenvalue weighted by Gasteiger charge is -2.05. The van der Waals surface area contributed by atoms with Crippen LogP contribution in [0.2, 0.25) is 0 Å². The van der Waals surface area contributed by atoms with Crippen LogP contribution in [0, 0.1) is 12.7 Å².